The van der Waals surface area contributed by atoms with E-state index in [9.17, 15) is 0 Å². The highest BCUT2D eigenvalue weighted by molar-refractivity contribution is 6.17. The Balaban J connectivity index is 2.21. The lowest BCUT2D eigenvalue weighted by Crippen LogP contribution is -2.23. The maximum Gasteiger partial charge on any atom is 0.0576 e. The lowest BCUT2D eigenvalue weighted by Gasteiger charge is -2.20. The topological polar surface area (TPSA) is 12.0 Å². The number of nitrogens with one attached hydrogen (secondary N) is 1. The summed E-state index contributed by atoms with van der Waals surface area (Å²) in [5, 5.41) is 3.59. The molecule has 0 spiro atoms. The third-order valence-corrected chi connectivity index (χ3v) is 3.47. The van der Waals surface area contributed by atoms with Crippen molar-refractivity contribution in [1.82, 2.24) is 5.32 Å². The Labute approximate surface area is 120 Å². The molecule has 0 aromatic heterocycles. The number of alkyl halides is 1. The van der Waals surface area contributed by atoms with Gasteiger partial charge in [0.1, 0.15) is 0 Å². The SMILES string of the molecule is Cc1ccc(C(NCCCCl)c2ccccc2)cc1. The predicted molar refractivity (Wildman–Crippen MR) is 82.8 cm³/mol. The first-order valence-electron chi connectivity index (χ1n) is 6.72. The van der Waals surface area contributed by atoms with Crippen LogP contribution in [0.2, 0.25) is 0 Å². The van der Waals surface area contributed by atoms with Gasteiger partial charge >= 0.3 is 0 Å². The normalized spacial score (nSPS) is 12.3. The molecule has 2 heteroatoms. The Morgan fingerprint density at radius 1 is 0.947 bits per heavy atom. The van der Waals surface area contributed by atoms with Crippen LogP contribution in [0.4, 0.5) is 0 Å². The summed E-state index contributed by atoms with van der Waals surface area (Å²) in [5.41, 5.74) is 3.88. The van der Waals surface area contributed by atoms with E-state index in [0.29, 0.717) is 5.88 Å². The van der Waals surface area contributed by atoms with Crippen molar-refractivity contribution in [2.75, 3.05) is 12.4 Å². The second-order valence-corrected chi connectivity index (χ2v) is 5.13. The molecule has 0 aliphatic heterocycles. The highest BCUT2D eigenvalue weighted by Crippen LogP contribution is 2.22. The number of hydrogen-bond acceptors (Lipinski definition) is 1. The molecule has 0 amide bonds. The van der Waals surface area contributed by atoms with Gasteiger partial charge in [-0.25, -0.2) is 0 Å². The molecule has 1 atom stereocenters. The summed E-state index contributed by atoms with van der Waals surface area (Å²) < 4.78 is 0. The second-order valence-electron chi connectivity index (χ2n) is 4.75. The lowest BCUT2D eigenvalue weighted by atomic mass is 9.98. The van der Waals surface area contributed by atoms with Crippen LogP contribution in [0.1, 0.15) is 29.2 Å². The zero-order valence-corrected chi connectivity index (χ0v) is 12.0. The van der Waals surface area contributed by atoms with Crippen molar-refractivity contribution in [1.29, 1.82) is 0 Å². The van der Waals surface area contributed by atoms with Crippen LogP contribution in [-0.4, -0.2) is 12.4 Å². The van der Waals surface area contributed by atoms with Crippen molar-refractivity contribution < 1.29 is 0 Å². The van der Waals surface area contributed by atoms with E-state index in [2.05, 4.69) is 66.8 Å². The predicted octanol–water partition coefficient (Wildman–Crippen LogP) is 4.30. The highest BCUT2D eigenvalue weighted by Gasteiger charge is 2.12. The Hall–Kier alpha value is -1.31. The minimum atomic E-state index is 0.241. The standard InChI is InChI=1S/C17H20ClN/c1-14-8-10-16(11-9-14)17(19-13-5-12-18)15-6-3-2-4-7-15/h2-4,6-11,17,19H,5,12-13H2,1H3. The Morgan fingerprint density at radius 3 is 2.21 bits per heavy atom. The first-order chi connectivity index (χ1) is 9.31. The number of aryl methyl sites for hydroxylation is 1. The van der Waals surface area contributed by atoms with Crippen molar-refractivity contribution in [2.24, 2.45) is 0 Å². The molecule has 0 bridgehead atoms. The lowest BCUT2D eigenvalue weighted by molar-refractivity contribution is 0.600. The van der Waals surface area contributed by atoms with E-state index in [0.717, 1.165) is 13.0 Å². The summed E-state index contributed by atoms with van der Waals surface area (Å²) in [6.07, 6.45) is 0.983. The van der Waals surface area contributed by atoms with E-state index in [1.165, 1.54) is 16.7 Å². The van der Waals surface area contributed by atoms with Crippen LogP contribution in [0.3, 0.4) is 0 Å². The summed E-state index contributed by atoms with van der Waals surface area (Å²) in [6.45, 7) is 3.04. The van der Waals surface area contributed by atoms with Crippen LogP contribution in [0, 0.1) is 6.92 Å². The fourth-order valence-electron chi connectivity index (χ4n) is 2.15. The summed E-state index contributed by atoms with van der Waals surface area (Å²) in [5.74, 6) is 0.697. The van der Waals surface area contributed by atoms with Crippen molar-refractivity contribution >= 4 is 11.6 Å². The molecule has 0 aliphatic carbocycles. The molecule has 0 radical (unpaired) electrons. The van der Waals surface area contributed by atoms with Crippen molar-refractivity contribution in [3.63, 3.8) is 0 Å². The molecule has 0 saturated carbocycles. The van der Waals surface area contributed by atoms with Crippen LogP contribution in [0.5, 0.6) is 0 Å². The minimum Gasteiger partial charge on any atom is -0.306 e. The monoisotopic (exact) mass is 273 g/mol. The molecular formula is C17H20ClN. The Kier molecular flexibility index (Phi) is 5.44. The van der Waals surface area contributed by atoms with Gasteiger partial charge in [0.15, 0.2) is 0 Å². The number of benzene rings is 2. The van der Waals surface area contributed by atoms with Gasteiger partial charge in [-0.15, -0.1) is 11.6 Å². The molecule has 0 fully saturated rings. The minimum absolute atomic E-state index is 0.241. The summed E-state index contributed by atoms with van der Waals surface area (Å²) in [4.78, 5) is 0. The zero-order valence-electron chi connectivity index (χ0n) is 11.3. The van der Waals surface area contributed by atoms with Crippen molar-refractivity contribution in [3.8, 4) is 0 Å². The van der Waals surface area contributed by atoms with E-state index in [1.54, 1.807) is 0 Å². The van der Waals surface area contributed by atoms with E-state index in [4.69, 9.17) is 11.6 Å². The Morgan fingerprint density at radius 2 is 1.58 bits per heavy atom. The fraction of sp³-hybridized carbons (Fsp3) is 0.294. The van der Waals surface area contributed by atoms with E-state index in [1.807, 2.05) is 0 Å². The van der Waals surface area contributed by atoms with Gasteiger partial charge in [0.05, 0.1) is 6.04 Å². The van der Waals surface area contributed by atoms with Gasteiger partial charge in [0.2, 0.25) is 0 Å². The van der Waals surface area contributed by atoms with Gasteiger partial charge in [0, 0.05) is 5.88 Å². The van der Waals surface area contributed by atoms with Crippen LogP contribution in [0.25, 0.3) is 0 Å². The summed E-state index contributed by atoms with van der Waals surface area (Å²) >= 11 is 5.76. The van der Waals surface area contributed by atoms with Crippen LogP contribution < -0.4 is 5.32 Å². The molecule has 1 nitrogen and oxygen atoms in total. The smallest absolute Gasteiger partial charge is 0.0576 e. The zero-order chi connectivity index (χ0) is 13.5. The summed E-state index contributed by atoms with van der Waals surface area (Å²) in [7, 11) is 0. The molecule has 0 aliphatic rings. The van der Waals surface area contributed by atoms with E-state index < -0.39 is 0 Å². The molecule has 19 heavy (non-hydrogen) atoms. The molecule has 2 aromatic carbocycles. The first-order valence-corrected chi connectivity index (χ1v) is 7.25. The molecule has 1 N–H and O–H groups in total. The van der Waals surface area contributed by atoms with Crippen molar-refractivity contribution in [3.05, 3.63) is 71.3 Å². The average molecular weight is 274 g/mol. The number of hydrogen-bond donors (Lipinski definition) is 1. The quantitative estimate of drug-likeness (QED) is 0.611. The molecule has 2 aromatic rings. The van der Waals surface area contributed by atoms with Gasteiger partial charge in [-0.05, 0) is 31.0 Å². The average Bonchev–Trinajstić information content (AvgIpc) is 2.46. The van der Waals surface area contributed by atoms with Gasteiger partial charge in [-0.2, -0.15) is 0 Å². The molecule has 1 unspecified atom stereocenters. The largest absolute Gasteiger partial charge is 0.306 e. The maximum absolute atomic E-state index is 5.76. The fourth-order valence-corrected chi connectivity index (χ4v) is 2.28. The first kappa shape index (κ1) is 14.1. The number of halogens is 1. The summed E-state index contributed by atoms with van der Waals surface area (Å²) in [6, 6.07) is 19.5. The van der Waals surface area contributed by atoms with Gasteiger partial charge in [-0.1, -0.05) is 60.2 Å². The van der Waals surface area contributed by atoms with Crippen molar-refractivity contribution in [2.45, 2.75) is 19.4 Å². The molecule has 100 valence electrons. The third kappa shape index (κ3) is 4.09. The Bertz CT molecular complexity index is 478. The van der Waals surface area contributed by atoms with Gasteiger partial charge in [0.25, 0.3) is 0 Å². The molecular weight excluding hydrogens is 254 g/mol. The van der Waals surface area contributed by atoms with Crippen LogP contribution in [-0.2, 0) is 0 Å². The molecule has 2 rings (SSSR count). The molecule has 0 saturated heterocycles. The van der Waals surface area contributed by atoms with E-state index >= 15 is 0 Å². The second kappa shape index (κ2) is 7.32. The third-order valence-electron chi connectivity index (χ3n) is 3.20. The van der Waals surface area contributed by atoms with Gasteiger partial charge in [-0.3, -0.25) is 0 Å². The maximum atomic E-state index is 5.76. The van der Waals surface area contributed by atoms with Crippen LogP contribution in [0.15, 0.2) is 54.6 Å². The highest BCUT2D eigenvalue weighted by atomic mass is 35.5. The number of rotatable bonds is 6. The van der Waals surface area contributed by atoms with E-state index in [-0.39, 0.29) is 6.04 Å². The van der Waals surface area contributed by atoms with Gasteiger partial charge < -0.3 is 5.32 Å². The molecule has 0 heterocycles. The van der Waals surface area contributed by atoms with Crippen LogP contribution >= 0.6 is 11.6 Å².